The second kappa shape index (κ2) is 11.6. The van der Waals surface area contributed by atoms with E-state index in [1.807, 2.05) is 35.2 Å². The fourth-order valence-electron chi connectivity index (χ4n) is 3.50. The van der Waals surface area contributed by atoms with E-state index < -0.39 is 12.1 Å². The molecule has 2 aliphatic heterocycles. The lowest BCUT2D eigenvalue weighted by molar-refractivity contribution is -0.676. The van der Waals surface area contributed by atoms with Gasteiger partial charge in [-0.1, -0.05) is 40.6 Å². The van der Waals surface area contributed by atoms with Gasteiger partial charge in [0.1, 0.15) is 6.61 Å². The topological polar surface area (TPSA) is 129 Å². The lowest BCUT2D eigenvalue weighted by Crippen LogP contribution is -2.56. The van der Waals surface area contributed by atoms with Gasteiger partial charge >= 0.3 is 18.0 Å². The molecule has 0 aromatic heterocycles. The van der Waals surface area contributed by atoms with Crippen LogP contribution in [0.4, 0.5) is 4.79 Å². The van der Waals surface area contributed by atoms with Crippen LogP contribution in [0.5, 0.6) is 0 Å². The summed E-state index contributed by atoms with van der Waals surface area (Å²) in [4.78, 5) is 26.1. The molecule has 2 aliphatic rings. The number of nitrogens with zero attached hydrogens (tertiary/aromatic N) is 5. The number of carboxylic acids is 1. The molecule has 12 heteroatoms. The predicted molar refractivity (Wildman–Crippen MR) is 114 cm³/mol. The molecule has 3 N–H and O–H groups in total. The number of piperidine rings is 1. The number of halogens is 1. The van der Waals surface area contributed by atoms with Gasteiger partial charge in [-0.05, 0) is 42.8 Å². The van der Waals surface area contributed by atoms with Crippen molar-refractivity contribution in [2.45, 2.75) is 45.1 Å². The monoisotopic (exact) mass is 456 g/mol. The van der Waals surface area contributed by atoms with E-state index in [2.05, 4.69) is 0 Å². The van der Waals surface area contributed by atoms with Crippen LogP contribution in [0.15, 0.2) is 30.3 Å². The van der Waals surface area contributed by atoms with Gasteiger partial charge < -0.3 is 15.1 Å². The van der Waals surface area contributed by atoms with Crippen molar-refractivity contribution < 1.29 is 24.3 Å². The zero-order chi connectivity index (χ0) is 21.5. The van der Waals surface area contributed by atoms with Crippen LogP contribution in [-0.2, 0) is 16.1 Å². The quantitative estimate of drug-likeness (QED) is 0.273. The van der Waals surface area contributed by atoms with Crippen molar-refractivity contribution in [1.82, 2.24) is 20.3 Å². The first-order valence-electron chi connectivity index (χ1n) is 10.1. The molecule has 0 atom stereocenters. The average molecular weight is 457 g/mol. The molecule has 0 aliphatic carbocycles. The number of hydrazone groups is 1. The summed E-state index contributed by atoms with van der Waals surface area (Å²) in [5.41, 5.74) is 0.821. The lowest BCUT2D eigenvalue weighted by atomic mass is 10.1. The van der Waals surface area contributed by atoms with Gasteiger partial charge in [-0.25, -0.2) is 10.6 Å². The van der Waals surface area contributed by atoms with E-state index >= 15 is 0 Å². The van der Waals surface area contributed by atoms with E-state index in [-0.39, 0.29) is 37.9 Å². The Labute approximate surface area is 187 Å². The van der Waals surface area contributed by atoms with E-state index in [9.17, 15) is 14.8 Å². The number of rotatable bonds is 7. The van der Waals surface area contributed by atoms with Crippen molar-refractivity contribution in [1.29, 1.82) is 0 Å². The Balaban J connectivity index is 0.00000341. The molecular formula is C19H29ClN6O5. The maximum absolute atomic E-state index is 13.0. The molecule has 1 aromatic rings. The Hall–Kier alpha value is -2.76. The first kappa shape index (κ1) is 24.5. The maximum atomic E-state index is 13.0. The normalized spacial score (nSPS) is 17.0. The summed E-state index contributed by atoms with van der Waals surface area (Å²) in [5, 5.41) is 24.9. The SMILES string of the molecule is Cl.NN1N(CCCCC(=O)O)N(C(=O)OCc2ccccc2)C(N2CCCCC2)=[N+]1[O-]. The Morgan fingerprint density at radius 3 is 2.45 bits per heavy atom. The zero-order valence-corrected chi connectivity index (χ0v) is 18.1. The molecule has 3 rings (SSSR count). The Bertz CT molecular complexity index is 774. The number of aliphatic carboxylic acids is 1. The van der Waals surface area contributed by atoms with Gasteiger partial charge in [-0.15, -0.1) is 17.3 Å². The number of hydrazine groups is 4. The molecule has 1 fully saturated rings. The molecule has 0 spiro atoms. The second-order valence-corrected chi connectivity index (χ2v) is 7.24. The number of unbranched alkanes of at least 4 members (excludes halogenated alkanes) is 1. The third kappa shape index (κ3) is 6.12. The largest absolute Gasteiger partial charge is 0.721 e. The zero-order valence-electron chi connectivity index (χ0n) is 17.3. The standard InChI is InChI=1S/C19H28N6O5.ClH/c20-25-22(14-8-5-11-17(26)27)23(18(24(25)29)21-12-6-2-7-13-21)19(28)30-15-16-9-3-1-4-10-16;/h1,3-4,9-10H,2,5-8,11-15,20H2,(H,26,27);1H. The van der Waals surface area contributed by atoms with Crippen LogP contribution in [0.1, 0.15) is 44.1 Å². The van der Waals surface area contributed by atoms with Gasteiger partial charge in [0, 0.05) is 6.42 Å². The van der Waals surface area contributed by atoms with E-state index in [4.69, 9.17) is 15.7 Å². The summed E-state index contributed by atoms with van der Waals surface area (Å²) in [6, 6.07) is 9.24. The molecule has 1 amide bonds. The number of amides is 1. The molecule has 1 aromatic carbocycles. The van der Waals surface area contributed by atoms with Gasteiger partial charge in [0.05, 0.1) is 19.6 Å². The van der Waals surface area contributed by atoms with Gasteiger partial charge in [-0.2, -0.15) is 0 Å². The van der Waals surface area contributed by atoms with Crippen LogP contribution < -0.4 is 5.84 Å². The van der Waals surface area contributed by atoms with E-state index in [0.717, 1.165) is 35.1 Å². The number of benzene rings is 1. The van der Waals surface area contributed by atoms with Gasteiger partial charge in [0.2, 0.25) is 0 Å². The highest BCUT2D eigenvalue weighted by atomic mass is 35.5. The summed E-state index contributed by atoms with van der Waals surface area (Å²) in [5.74, 6) is 5.16. The van der Waals surface area contributed by atoms with Gasteiger partial charge in [0.15, 0.2) is 0 Å². The molecule has 0 saturated carbocycles. The average Bonchev–Trinajstić information content (AvgIpc) is 3.01. The molecule has 0 unspecified atom stereocenters. The van der Waals surface area contributed by atoms with Crippen molar-refractivity contribution in [2.24, 2.45) is 5.84 Å². The highest BCUT2D eigenvalue weighted by Gasteiger charge is 2.48. The number of hydrogen-bond acceptors (Lipinski definition) is 8. The van der Waals surface area contributed by atoms with Crippen molar-refractivity contribution in [2.75, 3.05) is 19.6 Å². The number of guanidine groups is 1. The molecule has 31 heavy (non-hydrogen) atoms. The van der Waals surface area contributed by atoms with Crippen LogP contribution in [0.3, 0.4) is 0 Å². The highest BCUT2D eigenvalue weighted by molar-refractivity contribution is 5.91. The van der Waals surface area contributed by atoms with Crippen LogP contribution >= 0.6 is 12.4 Å². The molecule has 0 bridgehead atoms. The molecule has 11 nitrogen and oxygen atoms in total. The Morgan fingerprint density at radius 1 is 1.13 bits per heavy atom. The number of likely N-dealkylation sites (tertiary alicyclic amines) is 1. The minimum absolute atomic E-state index is 0. The first-order valence-corrected chi connectivity index (χ1v) is 10.1. The lowest BCUT2D eigenvalue weighted by Gasteiger charge is -2.28. The second-order valence-electron chi connectivity index (χ2n) is 7.24. The van der Waals surface area contributed by atoms with Crippen LogP contribution in [0.25, 0.3) is 0 Å². The van der Waals surface area contributed by atoms with Crippen molar-refractivity contribution in [3.63, 3.8) is 0 Å². The molecule has 172 valence electrons. The van der Waals surface area contributed by atoms with Crippen molar-refractivity contribution in [3.05, 3.63) is 41.1 Å². The minimum atomic E-state index is -0.897. The van der Waals surface area contributed by atoms with Crippen LogP contribution in [0.2, 0.25) is 0 Å². The van der Waals surface area contributed by atoms with E-state index in [1.54, 1.807) is 0 Å². The third-order valence-corrected chi connectivity index (χ3v) is 5.03. The van der Waals surface area contributed by atoms with Crippen molar-refractivity contribution >= 4 is 30.4 Å². The smallest absolute Gasteiger partial charge is 0.498 e. The van der Waals surface area contributed by atoms with Gasteiger partial charge in [-0.3, -0.25) is 9.69 Å². The number of carbonyl (C=O) groups excluding carboxylic acids is 1. The van der Waals surface area contributed by atoms with Gasteiger partial charge in [0.25, 0.3) is 0 Å². The number of ether oxygens (including phenoxy) is 1. The third-order valence-electron chi connectivity index (χ3n) is 5.03. The minimum Gasteiger partial charge on any atom is -0.721 e. The van der Waals surface area contributed by atoms with Crippen molar-refractivity contribution in [3.8, 4) is 0 Å². The summed E-state index contributed by atoms with van der Waals surface area (Å²) in [7, 11) is 0. The molecule has 2 heterocycles. The number of carboxylic acid groups (broad SMARTS) is 1. The van der Waals surface area contributed by atoms with E-state index in [0.29, 0.717) is 30.8 Å². The first-order chi connectivity index (χ1) is 14.5. The fraction of sp³-hybridized carbons (Fsp3) is 0.526. The molecular weight excluding hydrogens is 428 g/mol. The number of hydrogen-bond donors (Lipinski definition) is 2. The number of nitrogens with two attached hydrogens (primary N) is 1. The highest BCUT2D eigenvalue weighted by Crippen LogP contribution is 2.20. The predicted octanol–water partition coefficient (Wildman–Crippen LogP) is 1.89. The Morgan fingerprint density at radius 2 is 1.81 bits per heavy atom. The summed E-state index contributed by atoms with van der Waals surface area (Å²) < 4.78 is 5.46. The van der Waals surface area contributed by atoms with E-state index in [1.165, 1.54) is 5.12 Å². The van der Waals surface area contributed by atoms with Crippen LogP contribution in [-0.4, -0.2) is 67.9 Å². The van der Waals surface area contributed by atoms with Crippen LogP contribution in [0, 0.1) is 5.21 Å². The summed E-state index contributed by atoms with van der Waals surface area (Å²) in [6.45, 7) is 1.52. The molecule has 0 radical (unpaired) electrons. The Kier molecular flexibility index (Phi) is 9.16. The summed E-state index contributed by atoms with van der Waals surface area (Å²) >= 11 is 0. The molecule has 1 saturated heterocycles. The fourth-order valence-corrected chi connectivity index (χ4v) is 3.50. The number of carbonyl (C=O) groups is 2. The maximum Gasteiger partial charge on any atom is 0.498 e. The summed E-state index contributed by atoms with van der Waals surface area (Å²) in [6.07, 6.45) is 2.99.